The average molecular weight is 540 g/mol. The SMILES string of the molecule is Cc1ccc(C)c(-n2c(CNC(=O)c3ccc(C)c(C)c3)nnc2SCC(=O)N2CCCc3ccccc32)c1. The standard InChI is InChI=1S/C31H33N5O2S/c1-20-11-12-22(3)27(16-20)36-28(18-32-30(38)25-14-13-21(2)23(4)17-25)33-34-31(36)39-19-29(37)35-15-7-9-24-8-5-6-10-26(24)35/h5-6,8,10-14,16-17H,7,9,15,18-19H2,1-4H3,(H,32,38). The highest BCUT2D eigenvalue weighted by Gasteiger charge is 2.24. The monoisotopic (exact) mass is 539 g/mol. The van der Waals surface area contributed by atoms with Gasteiger partial charge >= 0.3 is 0 Å². The molecular formula is C31H33N5O2S. The lowest BCUT2D eigenvalue weighted by atomic mass is 10.0. The van der Waals surface area contributed by atoms with Crippen molar-refractivity contribution in [1.82, 2.24) is 20.1 Å². The van der Waals surface area contributed by atoms with Crippen molar-refractivity contribution >= 4 is 29.3 Å². The Bertz CT molecular complexity index is 1540. The molecule has 0 spiro atoms. The highest BCUT2D eigenvalue weighted by molar-refractivity contribution is 7.99. The molecule has 5 rings (SSSR count). The third-order valence-electron chi connectivity index (χ3n) is 7.22. The number of aromatic nitrogens is 3. The number of para-hydroxylation sites is 1. The molecule has 200 valence electrons. The van der Waals surface area contributed by atoms with Crippen LogP contribution in [0.2, 0.25) is 0 Å². The highest BCUT2D eigenvalue weighted by Crippen LogP contribution is 2.29. The maximum Gasteiger partial charge on any atom is 0.251 e. The minimum Gasteiger partial charge on any atom is -0.345 e. The Hall–Kier alpha value is -3.91. The largest absolute Gasteiger partial charge is 0.345 e. The van der Waals surface area contributed by atoms with Crippen LogP contribution < -0.4 is 10.2 Å². The quantitative estimate of drug-likeness (QED) is 0.314. The molecule has 0 unspecified atom stereocenters. The van der Waals surface area contributed by atoms with Crippen LogP contribution in [0.25, 0.3) is 5.69 Å². The van der Waals surface area contributed by atoms with Gasteiger partial charge in [-0.3, -0.25) is 14.2 Å². The summed E-state index contributed by atoms with van der Waals surface area (Å²) in [5.41, 5.74) is 8.13. The molecule has 0 saturated heterocycles. The normalized spacial score (nSPS) is 12.8. The second-order valence-corrected chi connectivity index (χ2v) is 11.0. The van der Waals surface area contributed by atoms with E-state index in [1.165, 1.54) is 17.3 Å². The Morgan fingerprint density at radius 2 is 1.69 bits per heavy atom. The molecule has 2 amide bonds. The zero-order chi connectivity index (χ0) is 27.5. The second-order valence-electron chi connectivity index (χ2n) is 10.1. The van der Waals surface area contributed by atoms with Crippen molar-refractivity contribution in [2.24, 2.45) is 0 Å². The number of aryl methyl sites for hydroxylation is 5. The van der Waals surface area contributed by atoms with Crippen molar-refractivity contribution in [3.8, 4) is 5.69 Å². The Morgan fingerprint density at radius 3 is 2.51 bits per heavy atom. The summed E-state index contributed by atoms with van der Waals surface area (Å²) in [6.45, 7) is 9.03. The molecule has 1 aliphatic heterocycles. The van der Waals surface area contributed by atoms with Crippen molar-refractivity contribution in [3.63, 3.8) is 0 Å². The number of carbonyl (C=O) groups excluding carboxylic acids is 2. The van der Waals surface area contributed by atoms with Crippen LogP contribution in [0, 0.1) is 27.7 Å². The predicted molar refractivity (Wildman–Crippen MR) is 156 cm³/mol. The molecule has 0 saturated carbocycles. The van der Waals surface area contributed by atoms with E-state index in [9.17, 15) is 9.59 Å². The van der Waals surface area contributed by atoms with Crippen LogP contribution in [0.1, 0.15) is 50.4 Å². The highest BCUT2D eigenvalue weighted by atomic mass is 32.2. The fourth-order valence-electron chi connectivity index (χ4n) is 4.85. The van der Waals surface area contributed by atoms with Crippen molar-refractivity contribution < 1.29 is 9.59 Å². The van der Waals surface area contributed by atoms with Crippen LogP contribution in [0.15, 0.2) is 65.8 Å². The molecule has 8 heteroatoms. The molecule has 0 aliphatic carbocycles. The third kappa shape index (κ3) is 5.76. The number of hydrogen-bond donors (Lipinski definition) is 1. The maximum atomic E-state index is 13.3. The first-order chi connectivity index (χ1) is 18.8. The lowest BCUT2D eigenvalue weighted by Gasteiger charge is -2.29. The van der Waals surface area contributed by atoms with Crippen LogP contribution in [-0.2, 0) is 17.8 Å². The Kier molecular flexibility index (Phi) is 7.84. The van der Waals surface area contributed by atoms with Gasteiger partial charge in [0, 0.05) is 17.8 Å². The Labute approximate surface area is 233 Å². The van der Waals surface area contributed by atoms with Crippen LogP contribution in [0.5, 0.6) is 0 Å². The van der Waals surface area contributed by atoms with Gasteiger partial charge in [-0.05, 0) is 92.6 Å². The number of amides is 2. The molecule has 1 aromatic heterocycles. The predicted octanol–water partition coefficient (Wildman–Crippen LogP) is 5.50. The second kappa shape index (κ2) is 11.5. The molecule has 39 heavy (non-hydrogen) atoms. The minimum absolute atomic E-state index is 0.0484. The molecule has 1 N–H and O–H groups in total. The summed E-state index contributed by atoms with van der Waals surface area (Å²) in [7, 11) is 0. The summed E-state index contributed by atoms with van der Waals surface area (Å²) in [6.07, 6.45) is 1.95. The first kappa shape index (κ1) is 26.7. The van der Waals surface area contributed by atoms with Gasteiger partial charge < -0.3 is 10.2 Å². The smallest absolute Gasteiger partial charge is 0.251 e. The van der Waals surface area contributed by atoms with Crippen LogP contribution in [-0.4, -0.2) is 38.9 Å². The lowest BCUT2D eigenvalue weighted by molar-refractivity contribution is -0.116. The summed E-state index contributed by atoms with van der Waals surface area (Å²) in [4.78, 5) is 28.1. The number of nitrogens with one attached hydrogen (secondary N) is 1. The van der Waals surface area contributed by atoms with Crippen LogP contribution in [0.3, 0.4) is 0 Å². The van der Waals surface area contributed by atoms with Gasteiger partial charge in [-0.25, -0.2) is 0 Å². The first-order valence-electron chi connectivity index (χ1n) is 13.2. The van der Waals surface area contributed by atoms with Gasteiger partial charge in [0.2, 0.25) is 5.91 Å². The number of rotatable bonds is 7. The van der Waals surface area contributed by atoms with E-state index in [0.29, 0.717) is 16.5 Å². The van der Waals surface area contributed by atoms with E-state index in [1.54, 1.807) is 0 Å². The topological polar surface area (TPSA) is 80.1 Å². The molecule has 2 heterocycles. The minimum atomic E-state index is -0.165. The molecule has 0 bridgehead atoms. The van der Waals surface area contributed by atoms with Gasteiger partial charge in [0.25, 0.3) is 5.91 Å². The number of anilines is 1. The van der Waals surface area contributed by atoms with E-state index in [1.807, 2.05) is 73.6 Å². The van der Waals surface area contributed by atoms with Gasteiger partial charge in [-0.1, -0.05) is 48.2 Å². The van der Waals surface area contributed by atoms with E-state index in [4.69, 9.17) is 0 Å². The van der Waals surface area contributed by atoms with E-state index >= 15 is 0 Å². The number of hydrogen-bond acceptors (Lipinski definition) is 5. The number of thioether (sulfide) groups is 1. The number of nitrogens with zero attached hydrogens (tertiary/aromatic N) is 4. The number of carbonyl (C=O) groups is 2. The van der Waals surface area contributed by atoms with E-state index in [-0.39, 0.29) is 24.1 Å². The fourth-order valence-corrected chi connectivity index (χ4v) is 5.69. The molecule has 4 aromatic rings. The van der Waals surface area contributed by atoms with Crippen molar-refractivity contribution in [1.29, 1.82) is 0 Å². The zero-order valence-corrected chi connectivity index (χ0v) is 23.6. The number of benzene rings is 3. The summed E-state index contributed by atoms with van der Waals surface area (Å²) < 4.78 is 1.96. The van der Waals surface area contributed by atoms with Gasteiger partial charge in [0.05, 0.1) is 18.0 Å². The molecule has 0 atom stereocenters. The van der Waals surface area contributed by atoms with Crippen LogP contribution >= 0.6 is 11.8 Å². The fraction of sp³-hybridized carbons (Fsp3) is 0.290. The van der Waals surface area contributed by atoms with E-state index in [0.717, 1.165) is 53.0 Å². The summed E-state index contributed by atoms with van der Waals surface area (Å²) in [5, 5.41) is 12.5. The van der Waals surface area contributed by atoms with E-state index in [2.05, 4.69) is 39.8 Å². The first-order valence-corrected chi connectivity index (χ1v) is 14.2. The molecule has 1 aliphatic rings. The summed E-state index contributed by atoms with van der Waals surface area (Å²) >= 11 is 1.37. The lowest BCUT2D eigenvalue weighted by Crippen LogP contribution is -2.36. The van der Waals surface area contributed by atoms with Crippen molar-refractivity contribution in [2.75, 3.05) is 17.2 Å². The van der Waals surface area contributed by atoms with E-state index < -0.39 is 0 Å². The maximum absolute atomic E-state index is 13.3. The summed E-state index contributed by atoms with van der Waals surface area (Å²) in [6, 6.07) is 20.0. The molecular weight excluding hydrogens is 506 g/mol. The number of fused-ring (bicyclic) bond motifs is 1. The summed E-state index contributed by atoms with van der Waals surface area (Å²) in [5.74, 6) is 0.736. The zero-order valence-electron chi connectivity index (χ0n) is 22.8. The van der Waals surface area contributed by atoms with Crippen LogP contribution in [0.4, 0.5) is 5.69 Å². The molecule has 3 aromatic carbocycles. The Morgan fingerprint density at radius 1 is 0.897 bits per heavy atom. The average Bonchev–Trinajstić information content (AvgIpc) is 3.35. The van der Waals surface area contributed by atoms with Crippen molar-refractivity contribution in [2.45, 2.75) is 52.2 Å². The molecule has 0 radical (unpaired) electrons. The van der Waals surface area contributed by atoms with Gasteiger partial charge in [-0.15, -0.1) is 10.2 Å². The Balaban J connectivity index is 1.38. The molecule has 7 nitrogen and oxygen atoms in total. The van der Waals surface area contributed by atoms with Gasteiger partial charge in [0.1, 0.15) is 0 Å². The molecule has 0 fully saturated rings. The van der Waals surface area contributed by atoms with Crippen molar-refractivity contribution in [3.05, 3.63) is 99.9 Å². The third-order valence-corrected chi connectivity index (χ3v) is 8.13. The van der Waals surface area contributed by atoms with Gasteiger partial charge in [0.15, 0.2) is 11.0 Å². The van der Waals surface area contributed by atoms with Gasteiger partial charge in [-0.2, -0.15) is 0 Å².